The fraction of sp³-hybridized carbons (Fsp3) is 0.381. The molecule has 152 valence electrons. The quantitative estimate of drug-likeness (QED) is 0.649. The van der Waals surface area contributed by atoms with Gasteiger partial charge in [0, 0.05) is 35.2 Å². The van der Waals surface area contributed by atoms with Crippen LogP contribution in [-0.2, 0) is 4.79 Å². The Morgan fingerprint density at radius 1 is 1.14 bits per heavy atom. The van der Waals surface area contributed by atoms with Gasteiger partial charge in [0.25, 0.3) is 0 Å². The van der Waals surface area contributed by atoms with Crippen LogP contribution < -0.4 is 10.2 Å². The molecule has 1 aliphatic rings. The average Bonchev–Trinajstić information content (AvgIpc) is 3.30. The van der Waals surface area contributed by atoms with Crippen LogP contribution in [0.4, 0.5) is 10.8 Å². The maximum atomic E-state index is 12.9. The molecule has 1 N–H and O–H groups in total. The number of anilines is 2. The lowest BCUT2D eigenvalue weighted by Crippen LogP contribution is -2.40. The van der Waals surface area contributed by atoms with E-state index in [2.05, 4.69) is 51.0 Å². The molecule has 3 heterocycles. The summed E-state index contributed by atoms with van der Waals surface area (Å²) in [6, 6.07) is 9.67. The number of halogens is 1. The van der Waals surface area contributed by atoms with E-state index >= 15 is 0 Å². The lowest BCUT2D eigenvalue weighted by atomic mass is 9.97. The highest BCUT2D eigenvalue weighted by atomic mass is 35.5. The normalized spacial score (nSPS) is 16.8. The number of rotatable bonds is 4. The minimum absolute atomic E-state index is 0.0435. The van der Waals surface area contributed by atoms with Crippen molar-refractivity contribution in [2.24, 2.45) is 5.92 Å². The molecular weight excluding hydrogens is 406 g/mol. The van der Waals surface area contributed by atoms with E-state index < -0.39 is 0 Å². The van der Waals surface area contributed by atoms with Crippen molar-refractivity contribution >= 4 is 39.7 Å². The van der Waals surface area contributed by atoms with E-state index in [-0.39, 0.29) is 11.8 Å². The summed E-state index contributed by atoms with van der Waals surface area (Å²) in [5.41, 5.74) is 4.05. The molecule has 0 aliphatic carbocycles. The van der Waals surface area contributed by atoms with E-state index in [0.717, 1.165) is 52.3 Å². The summed E-state index contributed by atoms with van der Waals surface area (Å²) < 4.78 is 2.11. The Balaban J connectivity index is 1.46. The largest absolute Gasteiger partial charge is 0.346 e. The van der Waals surface area contributed by atoms with Gasteiger partial charge < -0.3 is 10.2 Å². The van der Waals surface area contributed by atoms with Gasteiger partial charge in [0.2, 0.25) is 16.2 Å². The van der Waals surface area contributed by atoms with Crippen LogP contribution >= 0.6 is 22.9 Å². The van der Waals surface area contributed by atoms with Gasteiger partial charge in [-0.15, -0.1) is 10.2 Å². The zero-order valence-corrected chi connectivity index (χ0v) is 18.3. The summed E-state index contributed by atoms with van der Waals surface area (Å²) in [5, 5.41) is 14.3. The van der Waals surface area contributed by atoms with Crippen molar-refractivity contribution in [2.75, 3.05) is 23.3 Å². The summed E-state index contributed by atoms with van der Waals surface area (Å²) in [6.45, 7) is 7.61. The van der Waals surface area contributed by atoms with Gasteiger partial charge in [-0.1, -0.05) is 22.9 Å². The third-order valence-corrected chi connectivity index (χ3v) is 6.58. The molecule has 8 heteroatoms. The number of nitrogens with zero attached hydrogens (tertiary/aromatic N) is 4. The van der Waals surface area contributed by atoms with Crippen LogP contribution in [0.1, 0.15) is 29.8 Å². The third kappa shape index (κ3) is 4.16. The summed E-state index contributed by atoms with van der Waals surface area (Å²) >= 11 is 7.58. The number of carbonyl (C=O) groups is 1. The Kier molecular flexibility index (Phi) is 5.61. The van der Waals surface area contributed by atoms with Gasteiger partial charge in [0.15, 0.2) is 0 Å². The maximum absolute atomic E-state index is 12.9. The maximum Gasteiger partial charge on any atom is 0.229 e. The van der Waals surface area contributed by atoms with Gasteiger partial charge in [-0.2, -0.15) is 0 Å². The topological polar surface area (TPSA) is 63.1 Å². The zero-order valence-electron chi connectivity index (χ0n) is 16.8. The van der Waals surface area contributed by atoms with E-state index in [9.17, 15) is 4.79 Å². The van der Waals surface area contributed by atoms with E-state index in [4.69, 9.17) is 11.6 Å². The first-order chi connectivity index (χ1) is 13.9. The molecule has 1 aliphatic heterocycles. The van der Waals surface area contributed by atoms with Crippen molar-refractivity contribution in [1.29, 1.82) is 0 Å². The van der Waals surface area contributed by atoms with Gasteiger partial charge >= 0.3 is 0 Å². The molecule has 1 unspecified atom stereocenters. The van der Waals surface area contributed by atoms with Crippen molar-refractivity contribution in [3.63, 3.8) is 0 Å². The van der Waals surface area contributed by atoms with Crippen molar-refractivity contribution in [3.8, 4) is 5.13 Å². The minimum atomic E-state index is -0.0822. The summed E-state index contributed by atoms with van der Waals surface area (Å²) in [5.74, 6) is -0.0387. The number of piperidine rings is 1. The van der Waals surface area contributed by atoms with Crippen molar-refractivity contribution < 1.29 is 4.79 Å². The molecule has 1 saturated heterocycles. The van der Waals surface area contributed by atoms with Gasteiger partial charge in [0.05, 0.1) is 5.92 Å². The number of benzene rings is 1. The van der Waals surface area contributed by atoms with Crippen LogP contribution in [0, 0.1) is 26.7 Å². The lowest BCUT2D eigenvalue weighted by molar-refractivity contribution is -0.120. The van der Waals surface area contributed by atoms with Crippen molar-refractivity contribution in [3.05, 3.63) is 52.3 Å². The summed E-state index contributed by atoms with van der Waals surface area (Å²) in [4.78, 5) is 15.0. The molecule has 2 aromatic heterocycles. The molecule has 4 rings (SSSR count). The van der Waals surface area contributed by atoms with Crippen LogP contribution in [-0.4, -0.2) is 33.8 Å². The number of nitrogens with one attached hydrogen (secondary N) is 1. The highest BCUT2D eigenvalue weighted by Gasteiger charge is 2.28. The number of aryl methyl sites for hydroxylation is 3. The van der Waals surface area contributed by atoms with E-state index in [1.807, 2.05) is 19.1 Å². The zero-order chi connectivity index (χ0) is 20.5. The SMILES string of the molecule is Cc1cc(Cl)ccc1NC(=O)C1CCCN(c2nnc(-n3c(C)ccc3C)s2)C1. The predicted molar refractivity (Wildman–Crippen MR) is 118 cm³/mol. The second-order valence-corrected chi connectivity index (χ2v) is 8.92. The minimum Gasteiger partial charge on any atom is -0.346 e. The average molecular weight is 430 g/mol. The highest BCUT2D eigenvalue weighted by molar-refractivity contribution is 7.17. The fourth-order valence-corrected chi connectivity index (χ4v) is 4.99. The molecule has 1 aromatic carbocycles. The van der Waals surface area contributed by atoms with E-state index in [0.29, 0.717) is 11.6 Å². The molecule has 3 aromatic rings. The standard InChI is InChI=1S/C21H24ClN5OS/c1-13-11-17(22)8-9-18(13)23-19(28)16-5-4-10-26(12-16)20-24-25-21(29-20)27-14(2)6-7-15(27)3/h6-9,11,16H,4-5,10,12H2,1-3H3,(H,23,28). The van der Waals surface area contributed by atoms with Crippen molar-refractivity contribution in [1.82, 2.24) is 14.8 Å². The molecular formula is C21H24ClN5OS. The number of aromatic nitrogens is 3. The van der Waals surface area contributed by atoms with E-state index in [1.54, 1.807) is 17.4 Å². The number of hydrogen-bond acceptors (Lipinski definition) is 5. The second-order valence-electron chi connectivity index (χ2n) is 7.55. The van der Waals surface area contributed by atoms with Crippen LogP contribution in [0.25, 0.3) is 5.13 Å². The van der Waals surface area contributed by atoms with Gasteiger partial charge in [0.1, 0.15) is 0 Å². The Labute approximate surface area is 179 Å². The molecule has 6 nitrogen and oxygen atoms in total. The second kappa shape index (κ2) is 8.16. The predicted octanol–water partition coefficient (Wildman–Crippen LogP) is 4.76. The van der Waals surface area contributed by atoms with Gasteiger partial charge in [-0.25, -0.2) is 0 Å². The van der Waals surface area contributed by atoms with E-state index in [1.165, 1.54) is 0 Å². The Bertz CT molecular complexity index is 1020. The third-order valence-electron chi connectivity index (χ3n) is 5.38. The smallest absolute Gasteiger partial charge is 0.229 e. The Morgan fingerprint density at radius 3 is 2.59 bits per heavy atom. The Morgan fingerprint density at radius 2 is 1.86 bits per heavy atom. The first-order valence-corrected chi connectivity index (χ1v) is 10.9. The van der Waals surface area contributed by atoms with Gasteiger partial charge in [-0.3, -0.25) is 9.36 Å². The van der Waals surface area contributed by atoms with Crippen molar-refractivity contribution in [2.45, 2.75) is 33.6 Å². The fourth-order valence-electron chi connectivity index (χ4n) is 3.76. The number of carbonyl (C=O) groups excluding carboxylic acids is 1. The summed E-state index contributed by atoms with van der Waals surface area (Å²) in [6.07, 6.45) is 1.82. The van der Waals surface area contributed by atoms with Crippen LogP contribution in [0.15, 0.2) is 30.3 Å². The molecule has 1 fully saturated rings. The monoisotopic (exact) mass is 429 g/mol. The summed E-state index contributed by atoms with van der Waals surface area (Å²) in [7, 11) is 0. The Hall–Kier alpha value is -2.38. The van der Waals surface area contributed by atoms with Crippen LogP contribution in [0.3, 0.4) is 0 Å². The molecule has 0 radical (unpaired) electrons. The number of hydrogen-bond donors (Lipinski definition) is 1. The van der Waals surface area contributed by atoms with Crippen LogP contribution in [0.2, 0.25) is 5.02 Å². The molecule has 29 heavy (non-hydrogen) atoms. The molecule has 0 saturated carbocycles. The first kappa shape index (κ1) is 19.9. The first-order valence-electron chi connectivity index (χ1n) is 9.73. The molecule has 1 amide bonds. The molecule has 0 spiro atoms. The molecule has 0 bridgehead atoms. The molecule has 1 atom stereocenters. The highest BCUT2D eigenvalue weighted by Crippen LogP contribution is 2.30. The lowest BCUT2D eigenvalue weighted by Gasteiger charge is -2.31. The van der Waals surface area contributed by atoms with Gasteiger partial charge in [-0.05, 0) is 69.5 Å². The number of amides is 1. The van der Waals surface area contributed by atoms with Crippen LogP contribution in [0.5, 0.6) is 0 Å².